The number of hydrogen-bond acceptors (Lipinski definition) is 2. The van der Waals surface area contributed by atoms with Crippen LogP contribution < -0.4 is 5.32 Å². The molecule has 0 aliphatic heterocycles. The quantitative estimate of drug-likeness (QED) is 0.822. The van der Waals surface area contributed by atoms with E-state index in [1.54, 1.807) is 0 Å². The molecule has 1 aromatic rings. The normalized spacial score (nSPS) is 24.2. The lowest BCUT2D eigenvalue weighted by atomic mass is 10.0. The molecular weight excluding hydrogens is 220 g/mol. The number of benzene rings is 1. The predicted molar refractivity (Wildman–Crippen MR) is 74.0 cm³/mol. The van der Waals surface area contributed by atoms with E-state index in [-0.39, 0.29) is 0 Å². The van der Waals surface area contributed by atoms with Gasteiger partial charge in [-0.15, -0.1) is 0 Å². The molecule has 0 heterocycles. The molecule has 1 saturated carbocycles. The van der Waals surface area contributed by atoms with Crippen LogP contribution in [-0.4, -0.2) is 6.04 Å². The van der Waals surface area contributed by atoms with Crippen LogP contribution in [0, 0.1) is 17.2 Å². The SMILES string of the molecule is CC1CCCC(NCc2cccc(C#N)c2)CC1. The summed E-state index contributed by atoms with van der Waals surface area (Å²) in [5.74, 6) is 0.888. The Bertz CT molecular complexity index is 419. The van der Waals surface area contributed by atoms with Gasteiger partial charge in [-0.2, -0.15) is 5.26 Å². The third-order valence-corrected chi connectivity index (χ3v) is 3.91. The Morgan fingerprint density at radius 1 is 1.28 bits per heavy atom. The van der Waals surface area contributed by atoms with Crippen LogP contribution in [0.25, 0.3) is 0 Å². The summed E-state index contributed by atoms with van der Waals surface area (Å²) in [5.41, 5.74) is 1.97. The maximum Gasteiger partial charge on any atom is 0.0991 e. The van der Waals surface area contributed by atoms with Gasteiger partial charge >= 0.3 is 0 Å². The van der Waals surface area contributed by atoms with Crippen LogP contribution >= 0.6 is 0 Å². The molecule has 0 saturated heterocycles. The fourth-order valence-corrected chi connectivity index (χ4v) is 2.70. The zero-order valence-electron chi connectivity index (χ0n) is 11.2. The van der Waals surface area contributed by atoms with Gasteiger partial charge in [-0.25, -0.2) is 0 Å². The second kappa shape index (κ2) is 6.56. The Balaban J connectivity index is 1.85. The molecule has 2 nitrogen and oxygen atoms in total. The molecule has 1 fully saturated rings. The molecule has 18 heavy (non-hydrogen) atoms. The lowest BCUT2D eigenvalue weighted by Crippen LogP contribution is -2.27. The molecule has 0 bridgehead atoms. The summed E-state index contributed by atoms with van der Waals surface area (Å²) in [6.45, 7) is 3.24. The predicted octanol–water partition coefficient (Wildman–Crippen LogP) is 3.62. The highest BCUT2D eigenvalue weighted by Crippen LogP contribution is 2.22. The van der Waals surface area contributed by atoms with Crippen molar-refractivity contribution >= 4 is 0 Å². The zero-order valence-corrected chi connectivity index (χ0v) is 11.2. The Kier molecular flexibility index (Phi) is 4.78. The number of rotatable bonds is 3. The van der Waals surface area contributed by atoms with Gasteiger partial charge in [0, 0.05) is 12.6 Å². The van der Waals surface area contributed by atoms with E-state index in [1.165, 1.54) is 37.7 Å². The van der Waals surface area contributed by atoms with Crippen LogP contribution in [-0.2, 0) is 6.54 Å². The van der Waals surface area contributed by atoms with Crippen molar-refractivity contribution in [1.29, 1.82) is 5.26 Å². The van der Waals surface area contributed by atoms with Crippen LogP contribution in [0.5, 0.6) is 0 Å². The van der Waals surface area contributed by atoms with E-state index >= 15 is 0 Å². The second-order valence-corrected chi connectivity index (χ2v) is 5.50. The van der Waals surface area contributed by atoms with Crippen molar-refractivity contribution < 1.29 is 0 Å². The van der Waals surface area contributed by atoms with Crippen LogP contribution in [0.2, 0.25) is 0 Å². The smallest absolute Gasteiger partial charge is 0.0991 e. The minimum atomic E-state index is 0.653. The van der Waals surface area contributed by atoms with Gasteiger partial charge in [0.1, 0.15) is 0 Å². The highest BCUT2D eigenvalue weighted by atomic mass is 14.9. The minimum Gasteiger partial charge on any atom is -0.310 e. The molecule has 96 valence electrons. The first-order chi connectivity index (χ1) is 8.78. The van der Waals surface area contributed by atoms with Crippen LogP contribution in [0.3, 0.4) is 0 Å². The molecule has 0 radical (unpaired) electrons. The Hall–Kier alpha value is -1.33. The molecule has 0 amide bonds. The fourth-order valence-electron chi connectivity index (χ4n) is 2.70. The van der Waals surface area contributed by atoms with E-state index in [4.69, 9.17) is 5.26 Å². The molecule has 1 N–H and O–H groups in total. The molecular formula is C16H22N2. The summed E-state index contributed by atoms with van der Waals surface area (Å²) < 4.78 is 0. The Morgan fingerprint density at radius 2 is 2.17 bits per heavy atom. The monoisotopic (exact) mass is 242 g/mol. The van der Waals surface area contributed by atoms with Crippen molar-refractivity contribution in [3.8, 4) is 6.07 Å². The summed E-state index contributed by atoms with van der Waals surface area (Å²) in [7, 11) is 0. The molecule has 2 heteroatoms. The van der Waals surface area contributed by atoms with Crippen molar-refractivity contribution in [2.75, 3.05) is 0 Å². The van der Waals surface area contributed by atoms with Gasteiger partial charge in [-0.3, -0.25) is 0 Å². The highest BCUT2D eigenvalue weighted by molar-refractivity contribution is 5.32. The molecule has 0 spiro atoms. The number of nitrogens with zero attached hydrogens (tertiary/aromatic N) is 1. The first kappa shape index (κ1) is 13.1. The van der Waals surface area contributed by atoms with Crippen molar-refractivity contribution in [2.45, 2.75) is 51.6 Å². The van der Waals surface area contributed by atoms with Crippen molar-refractivity contribution in [1.82, 2.24) is 5.32 Å². The van der Waals surface area contributed by atoms with Gasteiger partial charge in [-0.05, 0) is 42.9 Å². The first-order valence-corrected chi connectivity index (χ1v) is 7.00. The molecule has 2 unspecified atom stereocenters. The summed E-state index contributed by atoms with van der Waals surface area (Å²) in [4.78, 5) is 0. The highest BCUT2D eigenvalue weighted by Gasteiger charge is 2.15. The number of nitriles is 1. The molecule has 0 aromatic heterocycles. The van der Waals surface area contributed by atoms with E-state index in [9.17, 15) is 0 Å². The van der Waals surface area contributed by atoms with Gasteiger partial charge in [-0.1, -0.05) is 31.9 Å². The van der Waals surface area contributed by atoms with Gasteiger partial charge in [0.25, 0.3) is 0 Å². The van der Waals surface area contributed by atoms with Crippen molar-refractivity contribution in [2.24, 2.45) is 5.92 Å². The van der Waals surface area contributed by atoms with Gasteiger partial charge in [0.15, 0.2) is 0 Å². The van der Waals surface area contributed by atoms with Crippen LogP contribution in [0.1, 0.15) is 50.2 Å². The number of hydrogen-bond donors (Lipinski definition) is 1. The summed E-state index contributed by atoms with van der Waals surface area (Å²) in [6.07, 6.45) is 6.65. The zero-order chi connectivity index (χ0) is 12.8. The molecule has 2 atom stereocenters. The third kappa shape index (κ3) is 3.85. The van der Waals surface area contributed by atoms with Gasteiger partial charge < -0.3 is 5.32 Å². The van der Waals surface area contributed by atoms with Gasteiger partial charge in [0.05, 0.1) is 11.6 Å². The largest absolute Gasteiger partial charge is 0.310 e. The number of nitrogens with one attached hydrogen (secondary N) is 1. The molecule has 1 aliphatic carbocycles. The third-order valence-electron chi connectivity index (χ3n) is 3.91. The van der Waals surface area contributed by atoms with E-state index in [0.717, 1.165) is 18.0 Å². The Labute approximate surface area is 110 Å². The average Bonchev–Trinajstić information content (AvgIpc) is 2.61. The Morgan fingerprint density at radius 3 is 3.00 bits per heavy atom. The minimum absolute atomic E-state index is 0.653. The molecule has 2 rings (SSSR count). The van der Waals surface area contributed by atoms with Crippen molar-refractivity contribution in [3.63, 3.8) is 0 Å². The van der Waals surface area contributed by atoms with Gasteiger partial charge in [0.2, 0.25) is 0 Å². The van der Waals surface area contributed by atoms with Crippen molar-refractivity contribution in [3.05, 3.63) is 35.4 Å². The van der Waals surface area contributed by atoms with E-state index in [2.05, 4.69) is 24.4 Å². The van der Waals surface area contributed by atoms with Crippen LogP contribution in [0.4, 0.5) is 0 Å². The maximum absolute atomic E-state index is 8.87. The molecule has 1 aliphatic rings. The lowest BCUT2D eigenvalue weighted by molar-refractivity contribution is 0.447. The van der Waals surface area contributed by atoms with E-state index in [1.807, 2.05) is 18.2 Å². The van der Waals surface area contributed by atoms with E-state index in [0.29, 0.717) is 6.04 Å². The summed E-state index contributed by atoms with van der Waals surface area (Å²) >= 11 is 0. The maximum atomic E-state index is 8.87. The average molecular weight is 242 g/mol. The lowest BCUT2D eigenvalue weighted by Gasteiger charge is -2.16. The van der Waals surface area contributed by atoms with E-state index < -0.39 is 0 Å². The standard InChI is InChI=1S/C16H22N2/c1-13-4-2-7-16(9-8-13)18-12-15-6-3-5-14(10-15)11-17/h3,5-6,10,13,16,18H,2,4,7-9,12H2,1H3. The second-order valence-electron chi connectivity index (χ2n) is 5.50. The van der Waals surface area contributed by atoms with Crippen LogP contribution in [0.15, 0.2) is 24.3 Å². The molecule has 1 aromatic carbocycles. The summed E-state index contributed by atoms with van der Waals surface area (Å²) in [6, 6.07) is 10.7. The first-order valence-electron chi connectivity index (χ1n) is 7.00. The summed E-state index contributed by atoms with van der Waals surface area (Å²) in [5, 5.41) is 12.5. The fraction of sp³-hybridized carbons (Fsp3) is 0.562. The topological polar surface area (TPSA) is 35.8 Å².